The Morgan fingerprint density at radius 2 is 2.09 bits per heavy atom. The van der Waals surface area contributed by atoms with Crippen molar-refractivity contribution in [1.82, 2.24) is 31.0 Å². The molecule has 11 heteroatoms. The maximum atomic E-state index is 13.1. The van der Waals surface area contributed by atoms with Crippen LogP contribution in [0.5, 0.6) is 0 Å². The van der Waals surface area contributed by atoms with Gasteiger partial charge in [-0.25, -0.2) is 4.98 Å². The molecule has 2 amide bonds. The molecule has 4 N–H and O–H groups in total. The summed E-state index contributed by atoms with van der Waals surface area (Å²) >= 11 is 7.51. The molecule has 0 radical (unpaired) electrons. The van der Waals surface area contributed by atoms with Gasteiger partial charge in [0.2, 0.25) is 0 Å². The smallest absolute Gasteiger partial charge is 0.280 e. The number of carbonyl (C=O) groups is 2. The van der Waals surface area contributed by atoms with E-state index in [9.17, 15) is 9.59 Å². The lowest BCUT2D eigenvalue weighted by atomic mass is 9.94. The standard InChI is InChI=1S/C24H27ClN6O3S/c1-31-8-7-18-21(12-31)35-24(29-18)23(33)28-19-11-15(30-34-2)4-6-17(19)27-22(32)20-10-13-9-14(25)3-5-16(13)26-20/h3,5,9-11,17,19,26,30H,4,6-8,12H2,1-2H3,(H,27,32)(H,28,33). The molecular formula is C24H27ClN6O3S. The van der Waals surface area contributed by atoms with E-state index < -0.39 is 6.04 Å². The fourth-order valence-corrected chi connectivity index (χ4v) is 5.80. The highest BCUT2D eigenvalue weighted by atomic mass is 35.5. The normalized spacial score (nSPS) is 20.3. The van der Waals surface area contributed by atoms with Crippen molar-refractivity contribution in [3.63, 3.8) is 0 Å². The number of H-pyrrole nitrogens is 1. The predicted octanol–water partition coefficient (Wildman–Crippen LogP) is 2.99. The first kappa shape index (κ1) is 23.8. The molecule has 35 heavy (non-hydrogen) atoms. The molecule has 1 aliphatic heterocycles. The number of halogens is 1. The Balaban J connectivity index is 1.33. The molecule has 2 aromatic heterocycles. The van der Waals surface area contributed by atoms with Crippen LogP contribution in [0.25, 0.3) is 10.9 Å². The molecule has 0 saturated carbocycles. The van der Waals surface area contributed by atoms with Crippen molar-refractivity contribution in [2.75, 3.05) is 20.7 Å². The SMILES string of the molecule is CONC1=CC(NC(=O)c2nc3c(s2)CN(C)CC3)C(NC(=O)c2cc3cc(Cl)ccc3[nH]2)CC1. The van der Waals surface area contributed by atoms with Crippen molar-refractivity contribution in [2.24, 2.45) is 0 Å². The fourth-order valence-electron chi connectivity index (χ4n) is 4.53. The number of likely N-dealkylation sites (N-methyl/N-ethyl adjacent to an activating group) is 1. The number of nitrogens with one attached hydrogen (secondary N) is 4. The largest absolute Gasteiger partial charge is 0.351 e. The summed E-state index contributed by atoms with van der Waals surface area (Å²) in [7, 11) is 3.61. The van der Waals surface area contributed by atoms with E-state index in [4.69, 9.17) is 16.4 Å². The van der Waals surface area contributed by atoms with Crippen LogP contribution in [0.1, 0.15) is 43.7 Å². The van der Waals surface area contributed by atoms with E-state index in [-0.39, 0.29) is 17.9 Å². The van der Waals surface area contributed by atoms with Crippen LogP contribution in [-0.2, 0) is 17.8 Å². The third-order valence-electron chi connectivity index (χ3n) is 6.33. The van der Waals surface area contributed by atoms with Crippen LogP contribution in [0.4, 0.5) is 0 Å². The van der Waals surface area contributed by atoms with Crippen molar-refractivity contribution in [2.45, 2.75) is 37.9 Å². The molecule has 0 saturated heterocycles. The van der Waals surface area contributed by atoms with Gasteiger partial charge in [0.1, 0.15) is 5.69 Å². The second-order valence-electron chi connectivity index (χ2n) is 8.91. The Morgan fingerprint density at radius 3 is 2.91 bits per heavy atom. The Labute approximate surface area is 211 Å². The maximum Gasteiger partial charge on any atom is 0.280 e. The topological polar surface area (TPSA) is 111 Å². The van der Waals surface area contributed by atoms with E-state index >= 15 is 0 Å². The van der Waals surface area contributed by atoms with Gasteiger partial charge in [0.25, 0.3) is 11.8 Å². The fraction of sp³-hybridized carbons (Fsp3) is 0.375. The average Bonchev–Trinajstić information content (AvgIpc) is 3.44. The van der Waals surface area contributed by atoms with Crippen LogP contribution >= 0.6 is 22.9 Å². The summed E-state index contributed by atoms with van der Waals surface area (Å²) in [6, 6.07) is 6.47. The van der Waals surface area contributed by atoms with Crippen LogP contribution < -0.4 is 16.1 Å². The molecule has 0 spiro atoms. The number of aromatic amines is 1. The Morgan fingerprint density at radius 1 is 1.23 bits per heavy atom. The number of fused-ring (bicyclic) bond motifs is 2. The van der Waals surface area contributed by atoms with Crippen LogP contribution in [0.3, 0.4) is 0 Å². The quantitative estimate of drug-likeness (QED) is 0.376. The maximum absolute atomic E-state index is 13.1. The minimum absolute atomic E-state index is 0.244. The zero-order valence-corrected chi connectivity index (χ0v) is 21.1. The van der Waals surface area contributed by atoms with Gasteiger partial charge in [-0.05, 0) is 50.2 Å². The van der Waals surface area contributed by atoms with Gasteiger partial charge in [0, 0.05) is 46.0 Å². The number of hydrogen-bond acceptors (Lipinski definition) is 7. The lowest BCUT2D eigenvalue weighted by molar-refractivity contribution is 0.0873. The van der Waals surface area contributed by atoms with Crippen molar-refractivity contribution in [3.8, 4) is 0 Å². The third kappa shape index (κ3) is 5.20. The van der Waals surface area contributed by atoms with Gasteiger partial charge in [-0.3, -0.25) is 19.9 Å². The van der Waals surface area contributed by atoms with Gasteiger partial charge in [-0.15, -0.1) is 11.3 Å². The zero-order valence-electron chi connectivity index (χ0n) is 19.5. The first-order valence-electron chi connectivity index (χ1n) is 11.5. The van der Waals surface area contributed by atoms with Gasteiger partial charge >= 0.3 is 0 Å². The molecule has 2 atom stereocenters. The minimum Gasteiger partial charge on any atom is -0.351 e. The van der Waals surface area contributed by atoms with E-state index in [1.165, 1.54) is 11.3 Å². The predicted molar refractivity (Wildman–Crippen MR) is 135 cm³/mol. The van der Waals surface area contributed by atoms with E-state index in [0.29, 0.717) is 28.6 Å². The number of rotatable bonds is 6. The molecule has 5 rings (SSSR count). The van der Waals surface area contributed by atoms with Crippen LogP contribution in [0.15, 0.2) is 36.0 Å². The van der Waals surface area contributed by atoms with E-state index in [1.807, 2.05) is 18.2 Å². The number of benzene rings is 1. The molecule has 0 bridgehead atoms. The highest BCUT2D eigenvalue weighted by Crippen LogP contribution is 2.26. The molecule has 3 aromatic rings. The Kier molecular flexibility index (Phi) is 6.79. The number of aromatic nitrogens is 2. The molecule has 2 unspecified atom stereocenters. The summed E-state index contributed by atoms with van der Waals surface area (Å²) in [5.74, 6) is -0.489. The van der Waals surface area contributed by atoms with Gasteiger partial charge in [0.05, 0.1) is 24.9 Å². The molecule has 0 fully saturated rings. The van der Waals surface area contributed by atoms with E-state index in [2.05, 4.69) is 38.0 Å². The van der Waals surface area contributed by atoms with Crippen LogP contribution in [0, 0.1) is 0 Å². The average molecular weight is 515 g/mol. The third-order valence-corrected chi connectivity index (χ3v) is 7.65. The second kappa shape index (κ2) is 9.98. The summed E-state index contributed by atoms with van der Waals surface area (Å²) in [6.07, 6.45) is 4.03. The van der Waals surface area contributed by atoms with Crippen LogP contribution in [0.2, 0.25) is 5.02 Å². The van der Waals surface area contributed by atoms with Crippen LogP contribution in [-0.4, -0.2) is 59.5 Å². The number of nitrogens with zero attached hydrogens (tertiary/aromatic N) is 2. The lowest BCUT2D eigenvalue weighted by Gasteiger charge is -2.31. The molecule has 3 heterocycles. The Bertz CT molecular complexity index is 1300. The van der Waals surface area contributed by atoms with Gasteiger partial charge in [-0.2, -0.15) is 0 Å². The molecule has 184 valence electrons. The summed E-state index contributed by atoms with van der Waals surface area (Å²) < 4.78 is 0. The van der Waals surface area contributed by atoms with E-state index in [0.717, 1.165) is 46.7 Å². The zero-order chi connectivity index (χ0) is 24.5. The molecule has 2 aliphatic rings. The number of hydrogen-bond donors (Lipinski definition) is 4. The second-order valence-corrected chi connectivity index (χ2v) is 10.4. The van der Waals surface area contributed by atoms with Gasteiger partial charge in [-0.1, -0.05) is 11.6 Å². The van der Waals surface area contributed by atoms with Gasteiger partial charge < -0.3 is 20.5 Å². The first-order chi connectivity index (χ1) is 16.9. The lowest BCUT2D eigenvalue weighted by Crippen LogP contribution is -2.52. The molecule has 1 aromatic carbocycles. The van der Waals surface area contributed by atoms with Crippen molar-refractivity contribution in [1.29, 1.82) is 0 Å². The summed E-state index contributed by atoms with van der Waals surface area (Å²) in [5.41, 5.74) is 5.98. The molecular weight excluding hydrogens is 488 g/mol. The number of hydroxylamine groups is 1. The van der Waals surface area contributed by atoms with Crippen molar-refractivity contribution in [3.05, 3.63) is 62.3 Å². The van der Waals surface area contributed by atoms with Crippen molar-refractivity contribution >= 4 is 45.7 Å². The summed E-state index contributed by atoms with van der Waals surface area (Å²) in [6.45, 7) is 1.74. The highest BCUT2D eigenvalue weighted by Gasteiger charge is 2.30. The first-order valence-corrected chi connectivity index (χ1v) is 12.7. The minimum atomic E-state index is -0.430. The number of carbonyl (C=O) groups excluding carboxylic acids is 2. The molecule has 9 nitrogen and oxygen atoms in total. The Hall–Kier alpha value is -2.92. The number of amides is 2. The monoisotopic (exact) mass is 514 g/mol. The molecule has 1 aliphatic carbocycles. The van der Waals surface area contributed by atoms with E-state index in [1.54, 1.807) is 19.2 Å². The van der Waals surface area contributed by atoms with Gasteiger partial charge in [0.15, 0.2) is 5.01 Å². The summed E-state index contributed by atoms with van der Waals surface area (Å²) in [5, 5.41) is 8.06. The number of thiazole rings is 1. The highest BCUT2D eigenvalue weighted by molar-refractivity contribution is 7.13. The number of allylic oxidation sites excluding steroid dienone is 1. The summed E-state index contributed by atoms with van der Waals surface area (Å²) in [4.78, 5) is 42.4. The van der Waals surface area contributed by atoms with Crippen molar-refractivity contribution < 1.29 is 14.4 Å².